The molecule has 10 heteroatoms. The molecule has 156 valence electrons. The monoisotopic (exact) mass is 428 g/mol. The lowest BCUT2D eigenvalue weighted by Gasteiger charge is -2.18. The van der Waals surface area contributed by atoms with Crippen molar-refractivity contribution in [2.45, 2.75) is 31.1 Å². The van der Waals surface area contributed by atoms with Crippen LogP contribution in [0.4, 0.5) is 13.2 Å². The van der Waals surface area contributed by atoms with Crippen molar-refractivity contribution in [2.24, 2.45) is 0 Å². The maximum absolute atomic E-state index is 13.1. The minimum absolute atomic E-state index is 0.00728. The zero-order chi connectivity index (χ0) is 21.4. The van der Waals surface area contributed by atoms with E-state index in [1.807, 2.05) is 0 Å². The summed E-state index contributed by atoms with van der Waals surface area (Å²) in [6.45, 7) is 2.10. The predicted octanol–water partition coefficient (Wildman–Crippen LogP) is 3.17. The average molecular weight is 428 g/mol. The lowest BCUT2D eigenvalue weighted by molar-refractivity contribution is -0.137. The van der Waals surface area contributed by atoms with E-state index in [0.717, 1.165) is 12.1 Å². The van der Waals surface area contributed by atoms with Crippen LogP contribution in [0.25, 0.3) is 0 Å². The van der Waals surface area contributed by atoms with Crippen LogP contribution in [0.15, 0.2) is 41.3 Å². The van der Waals surface area contributed by atoms with Crippen molar-refractivity contribution >= 4 is 15.9 Å². The molecule has 0 atom stereocenters. The predicted molar refractivity (Wildman–Crippen MR) is 98.9 cm³/mol. The number of amides is 1. The average Bonchev–Trinajstić information content (AvgIpc) is 3.10. The molecule has 0 aromatic heterocycles. The third kappa shape index (κ3) is 4.23. The maximum Gasteiger partial charge on any atom is 0.416 e. The zero-order valence-corrected chi connectivity index (χ0v) is 16.5. The molecule has 0 unspecified atom stereocenters. The summed E-state index contributed by atoms with van der Waals surface area (Å²) in [5, 5.41) is 0. The van der Waals surface area contributed by atoms with Gasteiger partial charge in [-0.2, -0.15) is 13.2 Å². The highest BCUT2D eigenvalue weighted by Gasteiger charge is 2.33. The number of alkyl halides is 3. The zero-order valence-electron chi connectivity index (χ0n) is 15.7. The minimum atomic E-state index is -4.47. The third-order valence-electron chi connectivity index (χ3n) is 4.60. The molecule has 1 heterocycles. The number of nitrogens with zero attached hydrogens (tertiary/aromatic N) is 1. The number of nitrogens with one attached hydrogen (secondary N) is 1. The van der Waals surface area contributed by atoms with E-state index in [2.05, 4.69) is 4.72 Å². The summed E-state index contributed by atoms with van der Waals surface area (Å²) < 4.78 is 70.6. The molecule has 0 fully saturated rings. The van der Waals surface area contributed by atoms with Crippen molar-refractivity contribution in [1.29, 1.82) is 0 Å². The second-order valence-electron chi connectivity index (χ2n) is 6.44. The lowest BCUT2D eigenvalue weighted by atomic mass is 10.1. The van der Waals surface area contributed by atoms with E-state index in [4.69, 9.17) is 4.74 Å². The Morgan fingerprint density at radius 1 is 1.14 bits per heavy atom. The molecule has 1 aliphatic rings. The van der Waals surface area contributed by atoms with Crippen LogP contribution in [-0.2, 0) is 29.3 Å². The van der Waals surface area contributed by atoms with Crippen molar-refractivity contribution in [3.63, 3.8) is 0 Å². The summed E-state index contributed by atoms with van der Waals surface area (Å²) in [7, 11) is -2.53. The van der Waals surface area contributed by atoms with Gasteiger partial charge in [-0.05, 0) is 55.4 Å². The van der Waals surface area contributed by atoms with Crippen LogP contribution in [0.2, 0.25) is 0 Å². The third-order valence-corrected chi connectivity index (χ3v) is 6.02. The SMILES string of the molecule is CCOc1ccc(S(=O)(=O)NC)cc1C(=O)N1Cc2ccc(C(F)(F)F)cc2C1. The van der Waals surface area contributed by atoms with E-state index in [-0.39, 0.29) is 35.9 Å². The molecule has 1 aliphatic heterocycles. The van der Waals surface area contributed by atoms with Gasteiger partial charge in [0.1, 0.15) is 5.75 Å². The number of sulfonamides is 1. The fraction of sp³-hybridized carbons (Fsp3) is 0.316. The van der Waals surface area contributed by atoms with Crippen LogP contribution in [-0.4, -0.2) is 32.9 Å². The minimum Gasteiger partial charge on any atom is -0.493 e. The Hall–Kier alpha value is -2.59. The summed E-state index contributed by atoms with van der Waals surface area (Å²) in [6, 6.07) is 7.31. The van der Waals surface area contributed by atoms with Gasteiger partial charge in [-0.15, -0.1) is 0 Å². The molecular weight excluding hydrogens is 409 g/mol. The normalized spacial score (nSPS) is 14.0. The Morgan fingerprint density at radius 2 is 1.83 bits per heavy atom. The van der Waals surface area contributed by atoms with Gasteiger partial charge in [0.25, 0.3) is 5.91 Å². The lowest BCUT2D eigenvalue weighted by Crippen LogP contribution is -2.26. The molecule has 0 spiro atoms. The van der Waals surface area contributed by atoms with Crippen molar-refractivity contribution < 1.29 is 31.1 Å². The molecular formula is C19H19F3N2O4S. The van der Waals surface area contributed by atoms with E-state index in [1.165, 1.54) is 36.2 Å². The Balaban J connectivity index is 1.94. The standard InChI is InChI=1S/C19H19F3N2O4S/c1-3-28-17-7-6-15(29(26,27)23-2)9-16(17)18(25)24-10-12-4-5-14(19(20,21)22)8-13(12)11-24/h4-9,23H,3,10-11H2,1-2H3. The molecule has 3 rings (SSSR count). The first kappa shape index (κ1) is 21.1. The summed E-state index contributed by atoms with van der Waals surface area (Å²) in [4.78, 5) is 14.3. The van der Waals surface area contributed by atoms with Crippen molar-refractivity contribution in [3.05, 3.63) is 58.7 Å². The first-order chi connectivity index (χ1) is 13.6. The highest BCUT2D eigenvalue weighted by atomic mass is 32.2. The number of hydrogen-bond donors (Lipinski definition) is 1. The number of benzene rings is 2. The quantitative estimate of drug-likeness (QED) is 0.794. The number of ether oxygens (including phenoxy) is 1. The summed E-state index contributed by atoms with van der Waals surface area (Å²) in [5.41, 5.74) is 0.281. The maximum atomic E-state index is 13.1. The number of halogens is 3. The Bertz CT molecular complexity index is 1050. The number of rotatable bonds is 5. The molecule has 0 aliphatic carbocycles. The number of fused-ring (bicyclic) bond motifs is 1. The van der Waals surface area contributed by atoms with Crippen LogP contribution in [0.1, 0.15) is 34.0 Å². The van der Waals surface area contributed by atoms with Crippen molar-refractivity contribution in [3.8, 4) is 5.75 Å². The molecule has 1 N–H and O–H groups in total. The van der Waals surface area contributed by atoms with Crippen LogP contribution in [0, 0.1) is 0 Å². The van der Waals surface area contributed by atoms with Gasteiger partial charge in [0.05, 0.1) is 22.6 Å². The van der Waals surface area contributed by atoms with Gasteiger partial charge in [-0.25, -0.2) is 13.1 Å². The van der Waals surface area contributed by atoms with E-state index in [0.29, 0.717) is 11.1 Å². The fourth-order valence-corrected chi connectivity index (χ4v) is 3.88. The van der Waals surface area contributed by atoms with Gasteiger partial charge in [-0.1, -0.05) is 6.07 Å². The summed E-state index contributed by atoms with van der Waals surface area (Å²) in [5.74, 6) is -0.314. The van der Waals surface area contributed by atoms with E-state index in [9.17, 15) is 26.4 Å². The molecule has 6 nitrogen and oxygen atoms in total. The molecule has 0 saturated carbocycles. The largest absolute Gasteiger partial charge is 0.493 e. The van der Waals surface area contributed by atoms with E-state index < -0.39 is 27.7 Å². The Morgan fingerprint density at radius 3 is 2.45 bits per heavy atom. The molecule has 2 aromatic carbocycles. The molecule has 0 bridgehead atoms. The molecule has 0 radical (unpaired) electrons. The second-order valence-corrected chi connectivity index (χ2v) is 8.33. The van der Waals surface area contributed by atoms with Crippen LogP contribution in [0.5, 0.6) is 5.75 Å². The van der Waals surface area contributed by atoms with Crippen LogP contribution in [0.3, 0.4) is 0 Å². The van der Waals surface area contributed by atoms with Crippen LogP contribution < -0.4 is 9.46 Å². The van der Waals surface area contributed by atoms with E-state index in [1.54, 1.807) is 6.92 Å². The van der Waals surface area contributed by atoms with Gasteiger partial charge in [0.15, 0.2) is 0 Å². The van der Waals surface area contributed by atoms with Gasteiger partial charge < -0.3 is 9.64 Å². The topological polar surface area (TPSA) is 75.7 Å². The van der Waals surface area contributed by atoms with Gasteiger partial charge in [-0.3, -0.25) is 4.79 Å². The van der Waals surface area contributed by atoms with E-state index >= 15 is 0 Å². The van der Waals surface area contributed by atoms with Crippen molar-refractivity contribution in [1.82, 2.24) is 9.62 Å². The van der Waals surface area contributed by atoms with Crippen LogP contribution >= 0.6 is 0 Å². The van der Waals surface area contributed by atoms with Gasteiger partial charge in [0.2, 0.25) is 10.0 Å². The first-order valence-corrected chi connectivity index (χ1v) is 10.2. The molecule has 2 aromatic rings. The second kappa shape index (κ2) is 7.68. The van der Waals surface area contributed by atoms with Crippen molar-refractivity contribution in [2.75, 3.05) is 13.7 Å². The molecule has 1 amide bonds. The first-order valence-electron chi connectivity index (χ1n) is 8.75. The number of carbonyl (C=O) groups is 1. The highest BCUT2D eigenvalue weighted by molar-refractivity contribution is 7.89. The molecule has 29 heavy (non-hydrogen) atoms. The Kier molecular flexibility index (Phi) is 5.59. The number of carbonyl (C=O) groups excluding carboxylic acids is 1. The Labute approximate surface area is 166 Å². The fourth-order valence-electron chi connectivity index (χ4n) is 3.13. The number of hydrogen-bond acceptors (Lipinski definition) is 4. The highest BCUT2D eigenvalue weighted by Crippen LogP contribution is 2.34. The smallest absolute Gasteiger partial charge is 0.416 e. The summed E-state index contributed by atoms with van der Waals surface area (Å²) in [6.07, 6.45) is -4.47. The molecule has 0 saturated heterocycles. The summed E-state index contributed by atoms with van der Waals surface area (Å²) >= 11 is 0. The van der Waals surface area contributed by atoms with Gasteiger partial charge in [0, 0.05) is 13.1 Å². The van der Waals surface area contributed by atoms with Gasteiger partial charge >= 0.3 is 6.18 Å².